The molecule has 0 bridgehead atoms. The first-order chi connectivity index (χ1) is 13.7. The molecule has 0 fully saturated rings. The average molecular weight is 396 g/mol. The molecule has 0 N–H and O–H groups in total. The maximum Gasteiger partial charge on any atom is 0.0649 e. The van der Waals surface area contributed by atoms with Crippen LogP contribution in [0, 0.1) is 0 Å². The highest BCUT2D eigenvalue weighted by Crippen LogP contribution is 2.13. The van der Waals surface area contributed by atoms with Crippen LogP contribution in [0.3, 0.4) is 0 Å². The quantitative estimate of drug-likeness (QED) is 0.143. The van der Waals surface area contributed by atoms with Crippen LogP contribution in [-0.2, 0) is 4.74 Å². The fraction of sp³-hybridized carbons (Fsp3) is 0.846. The fourth-order valence-electron chi connectivity index (χ4n) is 3.21. The lowest BCUT2D eigenvalue weighted by molar-refractivity contribution is 0.194. The van der Waals surface area contributed by atoms with E-state index in [-0.39, 0.29) is 0 Å². The highest BCUT2D eigenvalue weighted by atomic mass is 16.5. The van der Waals surface area contributed by atoms with Crippen molar-refractivity contribution >= 4 is 0 Å². The molecule has 168 valence electrons. The van der Waals surface area contributed by atoms with Crippen LogP contribution in [0.2, 0.25) is 0 Å². The third kappa shape index (κ3) is 33.0. The fourth-order valence-corrected chi connectivity index (χ4v) is 3.21. The van der Waals surface area contributed by atoms with E-state index in [4.69, 9.17) is 4.74 Å². The summed E-state index contributed by atoms with van der Waals surface area (Å²) in [6.45, 7) is 11.7. The van der Waals surface area contributed by atoms with Crippen molar-refractivity contribution in [2.75, 3.05) is 33.9 Å². The van der Waals surface area contributed by atoms with Gasteiger partial charge < -0.3 is 9.64 Å². The van der Waals surface area contributed by atoms with Crippen molar-refractivity contribution in [3.8, 4) is 0 Å². The molecule has 2 heteroatoms. The summed E-state index contributed by atoms with van der Waals surface area (Å²) in [6, 6.07) is 0. The summed E-state index contributed by atoms with van der Waals surface area (Å²) in [7, 11) is 4.34. The minimum Gasteiger partial charge on any atom is -0.373 e. The van der Waals surface area contributed by atoms with Gasteiger partial charge in [-0.2, -0.15) is 0 Å². The van der Waals surface area contributed by atoms with Gasteiger partial charge in [0.2, 0.25) is 0 Å². The van der Waals surface area contributed by atoms with Crippen LogP contribution in [-0.4, -0.2) is 38.8 Å². The van der Waals surface area contributed by atoms with Crippen molar-refractivity contribution in [2.45, 2.75) is 110 Å². The summed E-state index contributed by atoms with van der Waals surface area (Å²) in [6.07, 6.45) is 26.7. The lowest BCUT2D eigenvalue weighted by Crippen LogP contribution is -2.12. The molecule has 0 aromatic rings. The second kappa shape index (κ2) is 28.6. The summed E-state index contributed by atoms with van der Waals surface area (Å²) >= 11 is 0. The lowest BCUT2D eigenvalue weighted by Gasteiger charge is -2.08. The van der Waals surface area contributed by atoms with Gasteiger partial charge in [0.25, 0.3) is 0 Å². The molecule has 0 amide bonds. The Bertz CT molecular complexity index is 280. The highest BCUT2D eigenvalue weighted by molar-refractivity contribution is 4.68. The molecule has 28 heavy (non-hydrogen) atoms. The van der Waals surface area contributed by atoms with E-state index in [9.17, 15) is 0 Å². The van der Waals surface area contributed by atoms with Crippen molar-refractivity contribution in [3.05, 3.63) is 25.3 Å². The maximum absolute atomic E-state index is 4.90. The predicted molar refractivity (Wildman–Crippen MR) is 129 cm³/mol. The largest absolute Gasteiger partial charge is 0.373 e. The third-order valence-electron chi connectivity index (χ3n) is 4.93. The molecule has 0 aromatic heterocycles. The van der Waals surface area contributed by atoms with Gasteiger partial charge >= 0.3 is 0 Å². The Morgan fingerprint density at radius 2 is 0.893 bits per heavy atom. The van der Waals surface area contributed by atoms with Crippen LogP contribution in [0.15, 0.2) is 25.3 Å². The normalized spacial score (nSPS) is 10.6. The number of unbranched alkanes of at least 4 members (excludes halogenated alkanes) is 15. The summed E-state index contributed by atoms with van der Waals surface area (Å²) in [5, 5.41) is 0. The van der Waals surface area contributed by atoms with Crippen molar-refractivity contribution in [1.82, 2.24) is 4.90 Å². The number of hydrogen-bond acceptors (Lipinski definition) is 2. The summed E-state index contributed by atoms with van der Waals surface area (Å²) < 4.78 is 4.90. The molecule has 0 atom stereocenters. The van der Waals surface area contributed by atoms with Crippen LogP contribution in [0.25, 0.3) is 0 Å². The molecule has 0 unspecified atom stereocenters. The van der Waals surface area contributed by atoms with Gasteiger partial charge in [0.05, 0.1) is 13.2 Å². The minimum atomic E-state index is 0.617. The van der Waals surface area contributed by atoms with Crippen molar-refractivity contribution in [3.63, 3.8) is 0 Å². The summed E-state index contributed by atoms with van der Waals surface area (Å²) in [5.41, 5.74) is 0. The molecule has 0 aliphatic rings. The second-order valence-corrected chi connectivity index (χ2v) is 8.22. The molecule has 0 aliphatic heterocycles. The second-order valence-electron chi connectivity index (χ2n) is 8.22. The zero-order valence-electron chi connectivity index (χ0n) is 19.9. The summed E-state index contributed by atoms with van der Waals surface area (Å²) in [5.74, 6) is 0. The van der Waals surface area contributed by atoms with Gasteiger partial charge in [-0.05, 0) is 27.1 Å². The minimum absolute atomic E-state index is 0.617. The van der Waals surface area contributed by atoms with Crippen molar-refractivity contribution in [1.29, 1.82) is 0 Å². The van der Waals surface area contributed by atoms with Crippen LogP contribution < -0.4 is 0 Å². The molecule has 0 aliphatic carbocycles. The van der Waals surface area contributed by atoms with Gasteiger partial charge in [-0.25, -0.2) is 0 Å². The molecule has 2 nitrogen and oxygen atoms in total. The van der Waals surface area contributed by atoms with E-state index in [1.54, 1.807) is 12.2 Å². The van der Waals surface area contributed by atoms with E-state index in [1.165, 1.54) is 109 Å². The lowest BCUT2D eigenvalue weighted by atomic mass is 10.0. The summed E-state index contributed by atoms with van der Waals surface area (Å²) in [4.78, 5) is 2.30. The van der Waals surface area contributed by atoms with Gasteiger partial charge in [0.15, 0.2) is 0 Å². The smallest absolute Gasteiger partial charge is 0.0649 e. The molecule has 0 aromatic carbocycles. The Balaban J connectivity index is 0. The molecule has 0 rings (SSSR count). The van der Waals surface area contributed by atoms with Crippen LogP contribution in [0.1, 0.15) is 110 Å². The van der Waals surface area contributed by atoms with Gasteiger partial charge in [0, 0.05) is 0 Å². The van der Waals surface area contributed by atoms with E-state index in [2.05, 4.69) is 39.1 Å². The predicted octanol–water partition coefficient (Wildman–Crippen LogP) is 8.18. The van der Waals surface area contributed by atoms with Gasteiger partial charge in [-0.1, -0.05) is 115 Å². The van der Waals surface area contributed by atoms with Gasteiger partial charge in [-0.3, -0.25) is 0 Å². The molecule has 0 saturated heterocycles. The molecular formula is C26H53NO. The van der Waals surface area contributed by atoms with Crippen molar-refractivity contribution in [2.24, 2.45) is 0 Å². The number of hydrogen-bond donors (Lipinski definition) is 0. The molecule has 0 spiro atoms. The molecule has 0 saturated carbocycles. The first-order valence-electron chi connectivity index (χ1n) is 12.1. The first kappa shape index (κ1) is 29.6. The molecule has 0 heterocycles. The molecule has 0 radical (unpaired) electrons. The van der Waals surface area contributed by atoms with E-state index in [1.807, 2.05) is 0 Å². The van der Waals surface area contributed by atoms with E-state index in [0.29, 0.717) is 13.2 Å². The maximum atomic E-state index is 4.90. The monoisotopic (exact) mass is 395 g/mol. The Labute approximate surface area is 178 Å². The van der Waals surface area contributed by atoms with E-state index < -0.39 is 0 Å². The van der Waals surface area contributed by atoms with Crippen LogP contribution >= 0.6 is 0 Å². The van der Waals surface area contributed by atoms with Gasteiger partial charge in [-0.15, -0.1) is 13.2 Å². The van der Waals surface area contributed by atoms with E-state index >= 15 is 0 Å². The van der Waals surface area contributed by atoms with E-state index in [0.717, 1.165) is 0 Å². The SMILES string of the molecule is C=CCOCC=C.CCCCCCCCCCCCCCCCCCN(C)C. The highest BCUT2D eigenvalue weighted by Gasteiger charge is 1.95. The number of ether oxygens (including phenoxy) is 1. The zero-order valence-corrected chi connectivity index (χ0v) is 19.9. The molecular weight excluding hydrogens is 342 g/mol. The average Bonchev–Trinajstić information content (AvgIpc) is 2.68. The Hall–Kier alpha value is -0.600. The van der Waals surface area contributed by atoms with Gasteiger partial charge in [0.1, 0.15) is 0 Å². The third-order valence-corrected chi connectivity index (χ3v) is 4.93. The first-order valence-corrected chi connectivity index (χ1v) is 12.1. The topological polar surface area (TPSA) is 12.5 Å². The Morgan fingerprint density at radius 3 is 1.18 bits per heavy atom. The Kier molecular flexibility index (Phi) is 30.2. The zero-order chi connectivity index (χ0) is 21.1. The number of rotatable bonds is 21. The standard InChI is InChI=1S/C20H43N.C6H10O/c1-4-5-6-7-8-9-10-11-12-13-14-15-16-17-18-19-20-21(2)3;1-3-5-7-6-4-2/h4-20H2,1-3H3;3-4H,1-2,5-6H2. The van der Waals surface area contributed by atoms with Crippen LogP contribution in [0.5, 0.6) is 0 Å². The number of nitrogens with zero attached hydrogens (tertiary/aromatic N) is 1. The van der Waals surface area contributed by atoms with Crippen molar-refractivity contribution < 1.29 is 4.74 Å². The van der Waals surface area contributed by atoms with Crippen LogP contribution in [0.4, 0.5) is 0 Å². The Morgan fingerprint density at radius 1 is 0.571 bits per heavy atom.